The first-order chi connectivity index (χ1) is 9.28. The largest absolute Gasteiger partial charge is 0.355 e. The normalized spacial score (nSPS) is 9.58. The van der Waals surface area contributed by atoms with E-state index in [1.165, 1.54) is 0 Å². The predicted octanol–water partition coefficient (Wildman–Crippen LogP) is 6.42. The summed E-state index contributed by atoms with van der Waals surface area (Å²) in [5.74, 6) is 0. The Hall–Kier alpha value is -1.76. The molecule has 1 rings (SSSR count). The number of rotatable bonds is 4. The Morgan fingerprint density at radius 3 is 1.26 bits per heavy atom. The molecule has 0 amide bonds. The third-order valence-electron chi connectivity index (χ3n) is 2.21. The lowest BCUT2D eigenvalue weighted by molar-refractivity contribution is 1.33. The highest BCUT2D eigenvalue weighted by Crippen LogP contribution is 2.23. The molecule has 1 aromatic heterocycles. The van der Waals surface area contributed by atoms with Crippen molar-refractivity contribution in [2.75, 3.05) is 0 Å². The van der Waals surface area contributed by atoms with Crippen LogP contribution in [-0.4, -0.2) is 4.98 Å². The summed E-state index contributed by atoms with van der Waals surface area (Å²) < 4.78 is 0. The zero-order valence-electron chi connectivity index (χ0n) is 13.4. The van der Waals surface area contributed by atoms with Gasteiger partial charge in [-0.15, -0.1) is 0 Å². The van der Waals surface area contributed by atoms with E-state index in [1.807, 2.05) is 78.0 Å². The van der Waals surface area contributed by atoms with E-state index < -0.39 is 0 Å². The first-order valence-electron chi connectivity index (χ1n) is 7.04. The van der Waals surface area contributed by atoms with Crippen molar-refractivity contribution in [3.8, 4) is 0 Å². The van der Waals surface area contributed by atoms with Crippen LogP contribution in [0.15, 0.2) is 25.3 Å². The van der Waals surface area contributed by atoms with Gasteiger partial charge in [0.2, 0.25) is 0 Å². The highest BCUT2D eigenvalue weighted by Gasteiger charge is 2.08. The van der Waals surface area contributed by atoms with Crippen molar-refractivity contribution in [2.45, 2.75) is 41.5 Å². The second kappa shape index (κ2) is 12.7. The summed E-state index contributed by atoms with van der Waals surface area (Å²) in [6, 6.07) is 0. The Kier molecular flexibility index (Phi) is 13.1. The number of hydrogen-bond donors (Lipinski definition) is 1. The van der Waals surface area contributed by atoms with Gasteiger partial charge >= 0.3 is 0 Å². The molecule has 1 heteroatoms. The van der Waals surface area contributed by atoms with Crippen molar-refractivity contribution in [3.05, 3.63) is 47.8 Å². The molecule has 0 saturated heterocycles. The molecule has 1 aromatic rings. The van der Waals surface area contributed by atoms with Gasteiger partial charge in [-0.05, 0) is 26.0 Å². The summed E-state index contributed by atoms with van der Waals surface area (Å²) >= 11 is 0. The van der Waals surface area contributed by atoms with Gasteiger partial charge in [-0.2, -0.15) is 0 Å². The van der Waals surface area contributed by atoms with E-state index in [0.717, 1.165) is 22.5 Å². The average Bonchev–Trinajstić information content (AvgIpc) is 2.80. The molecule has 0 atom stereocenters. The lowest BCUT2D eigenvalue weighted by atomic mass is 10.1. The van der Waals surface area contributed by atoms with Gasteiger partial charge in [0.1, 0.15) is 0 Å². The smallest absolute Gasteiger partial charge is 0.0461 e. The minimum Gasteiger partial charge on any atom is -0.355 e. The number of aromatic nitrogens is 1. The number of H-pyrrole nitrogens is 1. The molecule has 19 heavy (non-hydrogen) atoms. The summed E-state index contributed by atoms with van der Waals surface area (Å²) in [5.41, 5.74) is 4.37. The Labute approximate surface area is 119 Å². The highest BCUT2D eigenvalue weighted by molar-refractivity contribution is 5.77. The number of hydrogen-bond acceptors (Lipinski definition) is 0. The van der Waals surface area contributed by atoms with Crippen LogP contribution in [0.25, 0.3) is 24.3 Å². The van der Waals surface area contributed by atoms with Crippen LogP contribution in [0.5, 0.6) is 0 Å². The van der Waals surface area contributed by atoms with Crippen LogP contribution in [0.2, 0.25) is 0 Å². The van der Waals surface area contributed by atoms with Crippen molar-refractivity contribution in [3.63, 3.8) is 0 Å². The summed E-state index contributed by atoms with van der Waals surface area (Å²) in [4.78, 5) is 3.34. The maximum absolute atomic E-state index is 3.83. The molecular formula is C18H29N. The monoisotopic (exact) mass is 259 g/mol. The molecule has 0 aromatic carbocycles. The molecule has 0 fully saturated rings. The summed E-state index contributed by atoms with van der Waals surface area (Å²) in [7, 11) is 0. The Morgan fingerprint density at radius 2 is 1.05 bits per heavy atom. The number of aromatic amines is 1. The molecule has 0 bridgehead atoms. The van der Waals surface area contributed by atoms with E-state index in [2.05, 4.69) is 18.1 Å². The van der Waals surface area contributed by atoms with Gasteiger partial charge in [-0.1, -0.05) is 65.2 Å². The van der Waals surface area contributed by atoms with Crippen molar-refractivity contribution in [1.29, 1.82) is 0 Å². The van der Waals surface area contributed by atoms with Gasteiger partial charge in [-0.3, -0.25) is 0 Å². The van der Waals surface area contributed by atoms with Crippen molar-refractivity contribution in [2.24, 2.45) is 0 Å². The molecule has 0 spiro atoms. The van der Waals surface area contributed by atoms with Gasteiger partial charge < -0.3 is 4.98 Å². The molecule has 1 heterocycles. The lowest BCUT2D eigenvalue weighted by Crippen LogP contribution is -1.76. The summed E-state index contributed by atoms with van der Waals surface area (Å²) in [5, 5.41) is 0. The molecule has 0 saturated carbocycles. The van der Waals surface area contributed by atoms with Crippen molar-refractivity contribution in [1.82, 2.24) is 4.98 Å². The fourth-order valence-electron chi connectivity index (χ4n) is 1.61. The molecular weight excluding hydrogens is 230 g/mol. The molecule has 1 N–H and O–H groups in total. The fourth-order valence-corrected chi connectivity index (χ4v) is 1.61. The van der Waals surface area contributed by atoms with Crippen LogP contribution >= 0.6 is 0 Å². The maximum atomic E-state index is 3.83. The third-order valence-corrected chi connectivity index (χ3v) is 2.21. The van der Waals surface area contributed by atoms with E-state index in [9.17, 15) is 0 Å². The molecule has 0 aliphatic rings. The topological polar surface area (TPSA) is 15.8 Å². The van der Waals surface area contributed by atoms with Gasteiger partial charge in [0.25, 0.3) is 0 Å². The van der Waals surface area contributed by atoms with Crippen molar-refractivity contribution < 1.29 is 0 Å². The first-order valence-corrected chi connectivity index (χ1v) is 7.04. The van der Waals surface area contributed by atoms with Crippen LogP contribution in [0.4, 0.5) is 0 Å². The quantitative estimate of drug-likeness (QED) is 0.642. The van der Waals surface area contributed by atoms with Crippen LogP contribution < -0.4 is 0 Å². The minimum absolute atomic E-state index is 1.08. The highest BCUT2D eigenvalue weighted by atomic mass is 14.7. The minimum atomic E-state index is 1.08. The average molecular weight is 259 g/mol. The van der Waals surface area contributed by atoms with Crippen molar-refractivity contribution >= 4 is 24.3 Å². The Bertz CT molecular complexity index is 379. The van der Waals surface area contributed by atoms with E-state index in [1.54, 1.807) is 0 Å². The molecule has 0 radical (unpaired) electrons. The third kappa shape index (κ3) is 5.60. The Balaban J connectivity index is 0. The second-order valence-electron chi connectivity index (χ2n) is 3.19. The van der Waals surface area contributed by atoms with Gasteiger partial charge in [0, 0.05) is 22.5 Å². The zero-order valence-corrected chi connectivity index (χ0v) is 13.4. The Morgan fingerprint density at radius 1 is 0.737 bits per heavy atom. The zero-order chi connectivity index (χ0) is 15.3. The molecule has 1 nitrogen and oxygen atoms in total. The lowest BCUT2D eigenvalue weighted by Gasteiger charge is -1.94. The molecule has 106 valence electrons. The maximum Gasteiger partial charge on any atom is 0.0461 e. The SMILES string of the molecule is C=Cc1c(/C=C\C)[nH]c(/C=C\C)c1C=C.CC.CC. The number of allylic oxidation sites excluding steroid dienone is 2. The summed E-state index contributed by atoms with van der Waals surface area (Å²) in [6.07, 6.45) is 11.8. The summed E-state index contributed by atoms with van der Waals surface area (Å²) in [6.45, 7) is 19.7. The van der Waals surface area contributed by atoms with Crippen LogP contribution in [0, 0.1) is 0 Å². The van der Waals surface area contributed by atoms with E-state index in [4.69, 9.17) is 0 Å². The van der Waals surface area contributed by atoms with Crippen LogP contribution in [0.1, 0.15) is 64.1 Å². The van der Waals surface area contributed by atoms with Gasteiger partial charge in [0.05, 0.1) is 0 Å². The first kappa shape index (κ1) is 19.6. The van der Waals surface area contributed by atoms with Crippen LogP contribution in [0.3, 0.4) is 0 Å². The predicted molar refractivity (Wildman–Crippen MR) is 93.1 cm³/mol. The second-order valence-corrected chi connectivity index (χ2v) is 3.19. The van der Waals surface area contributed by atoms with Gasteiger partial charge in [-0.25, -0.2) is 0 Å². The molecule has 0 aliphatic carbocycles. The fraction of sp³-hybridized carbons (Fsp3) is 0.333. The molecule has 0 unspecified atom stereocenters. The van der Waals surface area contributed by atoms with E-state index >= 15 is 0 Å². The number of nitrogens with one attached hydrogen (secondary N) is 1. The van der Waals surface area contributed by atoms with E-state index in [-0.39, 0.29) is 0 Å². The van der Waals surface area contributed by atoms with Crippen LogP contribution in [-0.2, 0) is 0 Å². The molecule has 0 aliphatic heterocycles. The van der Waals surface area contributed by atoms with Gasteiger partial charge in [0.15, 0.2) is 0 Å². The standard InChI is InChI=1S/C14H17N.2C2H6/c1-5-9-13-11(7-3)12(8-4)14(15-13)10-6-2;2*1-2/h5-10,15H,3-4H2,1-2H3;2*1-2H3/b9-5-,10-6-;;. The van der Waals surface area contributed by atoms with E-state index in [0.29, 0.717) is 0 Å².